The molecule has 0 saturated carbocycles. The molecule has 82 valence electrons. The van der Waals surface area contributed by atoms with E-state index >= 15 is 0 Å². The van der Waals surface area contributed by atoms with Crippen LogP contribution in [0.5, 0.6) is 0 Å². The van der Waals surface area contributed by atoms with Crippen LogP contribution in [0.2, 0.25) is 0 Å². The lowest BCUT2D eigenvalue weighted by Gasteiger charge is -2.24. The zero-order valence-electron chi connectivity index (χ0n) is 8.78. The molecule has 1 aromatic heterocycles. The van der Waals surface area contributed by atoms with Gasteiger partial charge in [-0.1, -0.05) is 20.8 Å². The highest BCUT2D eigenvalue weighted by molar-refractivity contribution is 5.85. The molecule has 3 nitrogen and oxygen atoms in total. The van der Waals surface area contributed by atoms with E-state index in [0.717, 1.165) is 5.76 Å². The molecule has 1 aromatic rings. The van der Waals surface area contributed by atoms with Crippen LogP contribution >= 0.6 is 12.4 Å². The molecule has 1 rings (SSSR count). The SMILES string of the molecule is CC(C)(C)[C@@H](N)c1ccc(CO)o1.Cl. The maximum atomic E-state index is 8.80. The van der Waals surface area contributed by atoms with Gasteiger partial charge in [0.1, 0.15) is 18.1 Å². The third-order valence-electron chi connectivity index (χ3n) is 2.08. The summed E-state index contributed by atoms with van der Waals surface area (Å²) >= 11 is 0. The number of hydrogen-bond acceptors (Lipinski definition) is 3. The van der Waals surface area contributed by atoms with E-state index < -0.39 is 0 Å². The van der Waals surface area contributed by atoms with Crippen LogP contribution < -0.4 is 5.73 Å². The van der Waals surface area contributed by atoms with Crippen LogP contribution in [0.15, 0.2) is 16.5 Å². The fourth-order valence-electron chi connectivity index (χ4n) is 1.07. The van der Waals surface area contributed by atoms with Gasteiger partial charge in [0.15, 0.2) is 0 Å². The van der Waals surface area contributed by atoms with Crippen LogP contribution in [0.4, 0.5) is 0 Å². The monoisotopic (exact) mass is 219 g/mol. The van der Waals surface area contributed by atoms with E-state index in [0.29, 0.717) is 5.76 Å². The Kier molecular flexibility index (Phi) is 4.65. The second-order valence-corrected chi connectivity index (χ2v) is 4.31. The highest BCUT2D eigenvalue weighted by Gasteiger charge is 2.24. The van der Waals surface area contributed by atoms with Gasteiger partial charge in [-0.25, -0.2) is 0 Å². The maximum absolute atomic E-state index is 8.80. The standard InChI is InChI=1S/C10H17NO2.ClH/c1-10(2,3)9(11)8-5-4-7(6-12)13-8;/h4-5,9,12H,6,11H2,1-3H3;1H/t9-;/m0./s1. The van der Waals surface area contributed by atoms with E-state index in [1.807, 2.05) is 6.07 Å². The summed E-state index contributed by atoms with van der Waals surface area (Å²) in [7, 11) is 0. The van der Waals surface area contributed by atoms with Gasteiger partial charge in [0.05, 0.1) is 6.04 Å². The lowest BCUT2D eigenvalue weighted by atomic mass is 9.86. The topological polar surface area (TPSA) is 59.4 Å². The lowest BCUT2D eigenvalue weighted by Crippen LogP contribution is -2.25. The summed E-state index contributed by atoms with van der Waals surface area (Å²) in [6, 6.07) is 3.44. The number of aliphatic hydroxyl groups is 1. The molecular formula is C10H18ClNO2. The van der Waals surface area contributed by atoms with Crippen LogP contribution in [0.1, 0.15) is 38.3 Å². The first-order chi connectivity index (χ1) is 5.95. The zero-order chi connectivity index (χ0) is 10.1. The van der Waals surface area contributed by atoms with Gasteiger partial charge < -0.3 is 15.3 Å². The molecule has 0 fully saturated rings. The first kappa shape index (κ1) is 13.5. The molecule has 3 N–H and O–H groups in total. The lowest BCUT2D eigenvalue weighted by molar-refractivity contribution is 0.227. The Hall–Kier alpha value is -0.510. The van der Waals surface area contributed by atoms with Crippen molar-refractivity contribution in [2.45, 2.75) is 33.4 Å². The fourth-order valence-corrected chi connectivity index (χ4v) is 1.07. The van der Waals surface area contributed by atoms with Crippen LogP contribution in [-0.2, 0) is 6.61 Å². The number of hydrogen-bond donors (Lipinski definition) is 2. The van der Waals surface area contributed by atoms with Gasteiger partial charge >= 0.3 is 0 Å². The van der Waals surface area contributed by atoms with Crippen molar-refractivity contribution in [1.82, 2.24) is 0 Å². The van der Waals surface area contributed by atoms with Crippen molar-refractivity contribution >= 4 is 12.4 Å². The van der Waals surface area contributed by atoms with Crippen molar-refractivity contribution in [1.29, 1.82) is 0 Å². The summed E-state index contributed by atoms with van der Waals surface area (Å²) in [5, 5.41) is 8.80. The third-order valence-corrected chi connectivity index (χ3v) is 2.08. The highest BCUT2D eigenvalue weighted by atomic mass is 35.5. The number of furan rings is 1. The highest BCUT2D eigenvalue weighted by Crippen LogP contribution is 2.31. The predicted molar refractivity (Wildman–Crippen MR) is 58.3 cm³/mol. The first-order valence-corrected chi connectivity index (χ1v) is 4.40. The van der Waals surface area contributed by atoms with Gasteiger partial charge in [-0.2, -0.15) is 0 Å². The zero-order valence-corrected chi connectivity index (χ0v) is 9.60. The molecule has 1 heterocycles. The largest absolute Gasteiger partial charge is 0.462 e. The Balaban J connectivity index is 0.00000169. The average molecular weight is 220 g/mol. The quantitative estimate of drug-likeness (QED) is 0.802. The Morgan fingerprint density at radius 2 is 2.00 bits per heavy atom. The summed E-state index contributed by atoms with van der Waals surface area (Å²) in [6.07, 6.45) is 0. The van der Waals surface area contributed by atoms with Crippen LogP contribution in [0.3, 0.4) is 0 Å². The minimum Gasteiger partial charge on any atom is -0.462 e. The summed E-state index contributed by atoms with van der Waals surface area (Å²) in [5.74, 6) is 1.30. The molecule has 0 aliphatic rings. The number of halogens is 1. The van der Waals surface area contributed by atoms with Crippen LogP contribution in [0, 0.1) is 5.41 Å². The summed E-state index contributed by atoms with van der Waals surface area (Å²) in [4.78, 5) is 0. The van der Waals surface area contributed by atoms with Gasteiger partial charge in [0.25, 0.3) is 0 Å². The van der Waals surface area contributed by atoms with Crippen molar-refractivity contribution in [2.75, 3.05) is 0 Å². The molecule has 4 heteroatoms. The predicted octanol–water partition coefficient (Wildman–Crippen LogP) is 2.24. The Labute approximate surface area is 90.7 Å². The molecule has 0 saturated heterocycles. The van der Waals surface area contributed by atoms with Crippen molar-refractivity contribution in [2.24, 2.45) is 11.1 Å². The van der Waals surface area contributed by atoms with Crippen LogP contribution in [0.25, 0.3) is 0 Å². The molecule has 0 aliphatic heterocycles. The molecule has 0 amide bonds. The van der Waals surface area contributed by atoms with E-state index in [9.17, 15) is 0 Å². The van der Waals surface area contributed by atoms with E-state index in [4.69, 9.17) is 15.3 Å². The van der Waals surface area contributed by atoms with Gasteiger partial charge in [-0.15, -0.1) is 12.4 Å². The van der Waals surface area contributed by atoms with Gasteiger partial charge in [0, 0.05) is 0 Å². The smallest absolute Gasteiger partial charge is 0.129 e. The third kappa shape index (κ3) is 3.01. The molecule has 0 aliphatic carbocycles. The van der Waals surface area contributed by atoms with Crippen molar-refractivity contribution in [3.8, 4) is 0 Å². The molecule has 14 heavy (non-hydrogen) atoms. The molecule has 0 unspecified atom stereocenters. The summed E-state index contributed by atoms with van der Waals surface area (Å²) in [5.41, 5.74) is 5.94. The first-order valence-electron chi connectivity index (χ1n) is 4.40. The van der Waals surface area contributed by atoms with E-state index in [2.05, 4.69) is 20.8 Å². The van der Waals surface area contributed by atoms with Crippen molar-refractivity contribution in [3.63, 3.8) is 0 Å². The summed E-state index contributed by atoms with van der Waals surface area (Å²) < 4.78 is 5.35. The van der Waals surface area contributed by atoms with Gasteiger partial charge in [-0.3, -0.25) is 0 Å². The Bertz CT molecular complexity index is 278. The number of rotatable bonds is 2. The molecule has 1 atom stereocenters. The summed E-state index contributed by atoms with van der Waals surface area (Å²) in [6.45, 7) is 6.09. The van der Waals surface area contributed by atoms with Crippen molar-refractivity contribution in [3.05, 3.63) is 23.7 Å². The number of nitrogens with two attached hydrogens (primary N) is 1. The average Bonchev–Trinajstić information content (AvgIpc) is 2.48. The molecule has 0 spiro atoms. The maximum Gasteiger partial charge on any atom is 0.129 e. The molecule has 0 radical (unpaired) electrons. The van der Waals surface area contributed by atoms with E-state index in [1.165, 1.54) is 0 Å². The minimum absolute atomic E-state index is 0. The van der Waals surface area contributed by atoms with E-state index in [-0.39, 0.29) is 30.5 Å². The minimum atomic E-state index is -0.132. The van der Waals surface area contributed by atoms with Crippen LogP contribution in [-0.4, -0.2) is 5.11 Å². The fraction of sp³-hybridized carbons (Fsp3) is 0.600. The van der Waals surface area contributed by atoms with Crippen molar-refractivity contribution < 1.29 is 9.52 Å². The number of aliphatic hydroxyl groups excluding tert-OH is 1. The Morgan fingerprint density at radius 1 is 1.43 bits per heavy atom. The second-order valence-electron chi connectivity index (χ2n) is 4.31. The second kappa shape index (κ2) is 4.82. The van der Waals surface area contributed by atoms with E-state index in [1.54, 1.807) is 6.07 Å². The molecular weight excluding hydrogens is 202 g/mol. The van der Waals surface area contributed by atoms with Gasteiger partial charge in [-0.05, 0) is 17.5 Å². The molecule has 0 aromatic carbocycles. The Morgan fingerprint density at radius 3 is 2.36 bits per heavy atom. The normalized spacial score (nSPS) is 13.5. The molecule has 0 bridgehead atoms. The van der Waals surface area contributed by atoms with Gasteiger partial charge in [0.2, 0.25) is 0 Å².